The van der Waals surface area contributed by atoms with E-state index in [4.69, 9.17) is 0 Å². The molecule has 0 rings (SSSR count). The smallest absolute Gasteiger partial charge is 0.322 e. The number of rotatable bonds is 6. The highest BCUT2D eigenvalue weighted by Crippen LogP contribution is 2.37. The van der Waals surface area contributed by atoms with Gasteiger partial charge in [0, 0.05) is 14.1 Å². The molecule has 15 heteroatoms. The highest BCUT2D eigenvalue weighted by atomic mass is 19.4. The molecule has 0 radical (unpaired) electrons. The van der Waals surface area contributed by atoms with Crippen LogP contribution in [-0.4, -0.2) is 79.6 Å². The Hall–Kier alpha value is -1.57. The van der Waals surface area contributed by atoms with Crippen LogP contribution in [0.1, 0.15) is 0 Å². The Morgan fingerprint density at radius 2 is 0.923 bits per heavy atom. The van der Waals surface area contributed by atoms with Gasteiger partial charge >= 0.3 is 30.2 Å². The average Bonchev–Trinajstić information content (AvgIpc) is 2.41. The molecule has 2 unspecified atom stereocenters. The van der Waals surface area contributed by atoms with Gasteiger partial charge in [0.15, 0.2) is 0 Å². The number of hydrogen-bond acceptors (Lipinski definition) is 1. The third-order valence-corrected chi connectivity index (χ3v) is 2.87. The zero-order valence-corrected chi connectivity index (χ0v) is 12.9. The first-order valence-electron chi connectivity index (χ1n) is 6.37. The molecule has 156 valence electrons. The molecule has 3 nitrogen and oxygen atoms in total. The van der Waals surface area contributed by atoms with E-state index in [0.29, 0.717) is 14.1 Å². The first-order chi connectivity index (χ1) is 11.2. The molecule has 0 saturated heterocycles. The van der Waals surface area contributed by atoms with E-state index in [1.807, 2.05) is 0 Å². The largest absolute Gasteiger partial charge is 0.425 e. The Morgan fingerprint density at radius 1 is 0.692 bits per heavy atom. The van der Waals surface area contributed by atoms with Crippen LogP contribution in [0, 0.1) is 0 Å². The number of hydrogen-bond donors (Lipinski definition) is 0. The summed E-state index contributed by atoms with van der Waals surface area (Å²) < 4.78 is 150. The number of alkyl halides is 12. The first kappa shape index (κ1) is 24.4. The van der Waals surface area contributed by atoms with Gasteiger partial charge < -0.3 is 9.80 Å². The first-order valence-corrected chi connectivity index (χ1v) is 6.37. The molecule has 0 N–H and O–H groups in total. The summed E-state index contributed by atoms with van der Waals surface area (Å²) in [5.74, 6) is -10.3. The lowest BCUT2D eigenvalue weighted by Gasteiger charge is -2.32. The Bertz CT molecular complexity index is 447. The van der Waals surface area contributed by atoms with Gasteiger partial charge in [0.25, 0.3) is 12.3 Å². The average molecular weight is 416 g/mol. The van der Waals surface area contributed by atoms with Crippen molar-refractivity contribution >= 4 is 6.03 Å². The SMILES string of the molecule is CN(CC(F)(F)C(F)C(F)(F)F)C(=O)N(C)CC(F)(F)C(F)C(F)(F)F. The summed E-state index contributed by atoms with van der Waals surface area (Å²) in [5.41, 5.74) is 0. The van der Waals surface area contributed by atoms with Gasteiger partial charge in [0.2, 0.25) is 0 Å². The van der Waals surface area contributed by atoms with Gasteiger partial charge in [-0.05, 0) is 0 Å². The van der Waals surface area contributed by atoms with Crippen molar-refractivity contribution in [3.8, 4) is 0 Å². The van der Waals surface area contributed by atoms with Crippen molar-refractivity contribution < 1.29 is 57.5 Å². The fourth-order valence-electron chi connectivity index (χ4n) is 1.70. The third kappa shape index (κ3) is 6.30. The number of amides is 2. The fraction of sp³-hybridized carbons (Fsp3) is 0.909. The lowest BCUT2D eigenvalue weighted by Crippen LogP contribution is -2.54. The lowest BCUT2D eigenvalue weighted by molar-refractivity contribution is -0.247. The second-order valence-electron chi connectivity index (χ2n) is 5.33. The van der Waals surface area contributed by atoms with Crippen molar-refractivity contribution in [1.82, 2.24) is 9.80 Å². The highest BCUT2D eigenvalue weighted by Gasteiger charge is 2.59. The van der Waals surface area contributed by atoms with Crippen molar-refractivity contribution in [1.29, 1.82) is 0 Å². The van der Waals surface area contributed by atoms with Crippen LogP contribution in [0.3, 0.4) is 0 Å². The lowest BCUT2D eigenvalue weighted by atomic mass is 10.2. The van der Waals surface area contributed by atoms with E-state index in [9.17, 15) is 57.5 Å². The highest BCUT2D eigenvalue weighted by molar-refractivity contribution is 5.74. The predicted octanol–water partition coefficient (Wildman–Crippen LogP) is 4.04. The fourth-order valence-corrected chi connectivity index (χ4v) is 1.70. The Morgan fingerprint density at radius 3 is 1.12 bits per heavy atom. The van der Waals surface area contributed by atoms with E-state index in [-0.39, 0.29) is 9.80 Å². The molecule has 0 aromatic rings. The molecule has 0 fully saturated rings. The molecule has 26 heavy (non-hydrogen) atoms. The monoisotopic (exact) mass is 416 g/mol. The zero-order chi connectivity index (χ0) is 21.3. The van der Waals surface area contributed by atoms with Crippen molar-refractivity contribution in [2.24, 2.45) is 0 Å². The Kier molecular flexibility index (Phi) is 7.12. The number of urea groups is 1. The van der Waals surface area contributed by atoms with Gasteiger partial charge in [-0.25, -0.2) is 31.1 Å². The number of nitrogens with zero attached hydrogens (tertiary/aromatic N) is 2. The van der Waals surface area contributed by atoms with Crippen LogP contribution in [0.25, 0.3) is 0 Å². The van der Waals surface area contributed by atoms with Crippen LogP contribution >= 0.6 is 0 Å². The van der Waals surface area contributed by atoms with Crippen LogP contribution in [-0.2, 0) is 0 Å². The standard InChI is InChI=1S/C11H12F12N2O/c1-24(3-8(14,15)5(12)10(18,19)20)7(26)25(2)4-9(16,17)6(13)11(21,22)23/h5-6H,3-4H2,1-2H3. The summed E-state index contributed by atoms with van der Waals surface area (Å²) >= 11 is 0. The molecule has 0 aliphatic rings. The third-order valence-electron chi connectivity index (χ3n) is 2.87. The van der Waals surface area contributed by atoms with E-state index in [1.165, 1.54) is 0 Å². The van der Waals surface area contributed by atoms with Crippen molar-refractivity contribution in [3.63, 3.8) is 0 Å². The normalized spacial score (nSPS) is 16.2. The van der Waals surface area contributed by atoms with Crippen LogP contribution in [0.4, 0.5) is 57.5 Å². The quantitative estimate of drug-likeness (QED) is 0.600. The van der Waals surface area contributed by atoms with Crippen molar-refractivity contribution in [3.05, 3.63) is 0 Å². The molecule has 2 amide bonds. The van der Waals surface area contributed by atoms with Crippen LogP contribution in [0.15, 0.2) is 0 Å². The number of halogens is 12. The molecule has 0 aliphatic carbocycles. The summed E-state index contributed by atoms with van der Waals surface area (Å²) in [4.78, 5) is 10.9. The van der Waals surface area contributed by atoms with Gasteiger partial charge in [0.05, 0.1) is 13.1 Å². The molecular weight excluding hydrogens is 404 g/mol. The van der Waals surface area contributed by atoms with Crippen molar-refractivity contribution in [2.45, 2.75) is 36.5 Å². The van der Waals surface area contributed by atoms with E-state index < -0.39 is 55.7 Å². The molecule has 0 aliphatic heterocycles. The van der Waals surface area contributed by atoms with Gasteiger partial charge in [0.1, 0.15) is 0 Å². The van der Waals surface area contributed by atoms with Crippen LogP contribution in [0.5, 0.6) is 0 Å². The summed E-state index contributed by atoms with van der Waals surface area (Å²) in [6.45, 7) is -4.44. The van der Waals surface area contributed by atoms with E-state index in [1.54, 1.807) is 0 Å². The summed E-state index contributed by atoms with van der Waals surface area (Å²) in [6.07, 6.45) is -21.3. The van der Waals surface area contributed by atoms with Gasteiger partial charge in [-0.1, -0.05) is 0 Å². The second kappa shape index (κ2) is 7.58. The summed E-state index contributed by atoms with van der Waals surface area (Å²) in [5, 5.41) is 0. The maximum Gasteiger partial charge on any atom is 0.425 e. The molecular formula is C11H12F12N2O. The van der Waals surface area contributed by atoms with Crippen LogP contribution < -0.4 is 0 Å². The molecule has 0 saturated carbocycles. The van der Waals surface area contributed by atoms with E-state index in [2.05, 4.69) is 0 Å². The molecule has 2 atom stereocenters. The number of carbonyl (C=O) groups excluding carboxylic acids is 1. The minimum absolute atomic E-state index is 0.324. The summed E-state index contributed by atoms with van der Waals surface area (Å²) in [6, 6.07) is -1.91. The minimum atomic E-state index is -5.99. The number of carbonyl (C=O) groups is 1. The van der Waals surface area contributed by atoms with Crippen LogP contribution in [0.2, 0.25) is 0 Å². The van der Waals surface area contributed by atoms with Crippen molar-refractivity contribution in [2.75, 3.05) is 27.2 Å². The summed E-state index contributed by atoms with van der Waals surface area (Å²) in [7, 11) is 0.731. The molecule has 0 bridgehead atoms. The molecule has 0 aromatic carbocycles. The van der Waals surface area contributed by atoms with E-state index in [0.717, 1.165) is 0 Å². The topological polar surface area (TPSA) is 23.6 Å². The maximum absolute atomic E-state index is 13.1. The molecule has 0 spiro atoms. The Balaban J connectivity index is 5.09. The van der Waals surface area contributed by atoms with Gasteiger partial charge in [-0.2, -0.15) is 26.3 Å². The maximum atomic E-state index is 13.1. The Labute approximate surface area is 138 Å². The zero-order valence-electron chi connectivity index (χ0n) is 12.9. The second-order valence-corrected chi connectivity index (χ2v) is 5.33. The molecule has 0 aromatic heterocycles. The minimum Gasteiger partial charge on any atom is -0.322 e. The van der Waals surface area contributed by atoms with Gasteiger partial charge in [-0.15, -0.1) is 0 Å². The molecule has 0 heterocycles. The van der Waals surface area contributed by atoms with Gasteiger partial charge in [-0.3, -0.25) is 0 Å². The van der Waals surface area contributed by atoms with E-state index >= 15 is 0 Å². The predicted molar refractivity (Wildman–Crippen MR) is 62.5 cm³/mol.